The van der Waals surface area contributed by atoms with E-state index >= 15 is 0 Å². The van der Waals surface area contributed by atoms with E-state index in [9.17, 15) is 19.5 Å². The second kappa shape index (κ2) is 8.56. The maximum Gasteiger partial charge on any atom is 0.331 e. The number of urea groups is 1. The Morgan fingerprint density at radius 2 is 1.96 bits per heavy atom. The van der Waals surface area contributed by atoms with Crippen LogP contribution >= 0.6 is 0 Å². The summed E-state index contributed by atoms with van der Waals surface area (Å²) in [5, 5.41) is 11.4. The number of phenolic OH excluding ortho intramolecular Hbond substituents is 1. The van der Waals surface area contributed by atoms with Crippen LogP contribution in [-0.2, 0) is 14.3 Å². The number of benzene rings is 1. The van der Waals surface area contributed by atoms with E-state index in [0.717, 1.165) is 6.08 Å². The van der Waals surface area contributed by atoms with Crippen LogP contribution in [0.25, 0.3) is 6.08 Å². The largest absolute Gasteiger partial charge is 0.504 e. The first kappa shape index (κ1) is 19.0. The molecule has 0 aliphatic heterocycles. The number of carbonyl (C=O) groups is 3. The van der Waals surface area contributed by atoms with Gasteiger partial charge in [-0.2, -0.15) is 0 Å². The number of imide groups is 1. The van der Waals surface area contributed by atoms with Gasteiger partial charge in [-0.15, -0.1) is 0 Å². The van der Waals surface area contributed by atoms with Gasteiger partial charge in [-0.1, -0.05) is 19.9 Å². The van der Waals surface area contributed by atoms with Gasteiger partial charge >= 0.3 is 12.0 Å². The van der Waals surface area contributed by atoms with Gasteiger partial charge in [0.2, 0.25) is 0 Å². The fourth-order valence-corrected chi connectivity index (χ4v) is 1.81. The summed E-state index contributed by atoms with van der Waals surface area (Å²) in [4.78, 5) is 34.3. The Morgan fingerprint density at radius 1 is 1.29 bits per heavy atom. The van der Waals surface area contributed by atoms with E-state index in [0.29, 0.717) is 5.56 Å². The molecule has 0 saturated heterocycles. The maximum atomic E-state index is 11.9. The SMILES string of the molecule is COc1cc(/C=C/C(=O)O[C@H](C(=O)NC(N)=O)C(C)C)ccc1O. The minimum atomic E-state index is -1.15. The Kier molecular flexibility index (Phi) is 6.79. The number of amides is 3. The molecule has 8 nitrogen and oxygen atoms in total. The third kappa shape index (κ3) is 5.64. The van der Waals surface area contributed by atoms with Gasteiger partial charge in [-0.25, -0.2) is 9.59 Å². The summed E-state index contributed by atoms with van der Waals surface area (Å²) in [6.07, 6.45) is 1.41. The molecule has 1 aromatic carbocycles. The summed E-state index contributed by atoms with van der Waals surface area (Å²) in [7, 11) is 1.40. The van der Waals surface area contributed by atoms with Crippen molar-refractivity contribution < 1.29 is 29.0 Å². The quantitative estimate of drug-likeness (QED) is 0.528. The van der Waals surface area contributed by atoms with Gasteiger partial charge in [0.25, 0.3) is 5.91 Å². The molecule has 0 aromatic heterocycles. The summed E-state index contributed by atoms with van der Waals surface area (Å²) in [6, 6.07) is 3.50. The highest BCUT2D eigenvalue weighted by atomic mass is 16.5. The van der Waals surface area contributed by atoms with Crippen molar-refractivity contribution in [2.24, 2.45) is 11.7 Å². The zero-order valence-electron chi connectivity index (χ0n) is 13.6. The third-order valence-electron chi connectivity index (χ3n) is 2.97. The van der Waals surface area contributed by atoms with Crippen molar-refractivity contribution in [3.63, 3.8) is 0 Å². The van der Waals surface area contributed by atoms with Gasteiger partial charge in [0.15, 0.2) is 17.6 Å². The number of carbonyl (C=O) groups excluding carboxylic acids is 3. The highest BCUT2D eigenvalue weighted by Gasteiger charge is 2.26. The monoisotopic (exact) mass is 336 g/mol. The smallest absolute Gasteiger partial charge is 0.331 e. The maximum absolute atomic E-state index is 11.9. The zero-order chi connectivity index (χ0) is 18.3. The fraction of sp³-hybridized carbons (Fsp3) is 0.312. The molecule has 3 amide bonds. The molecule has 0 spiro atoms. The van der Waals surface area contributed by atoms with Gasteiger partial charge in [-0.3, -0.25) is 10.1 Å². The van der Waals surface area contributed by atoms with Crippen LogP contribution < -0.4 is 15.8 Å². The second-order valence-electron chi connectivity index (χ2n) is 5.22. The van der Waals surface area contributed by atoms with Crippen LogP contribution in [0.1, 0.15) is 19.4 Å². The minimum Gasteiger partial charge on any atom is -0.504 e. The van der Waals surface area contributed by atoms with Crippen LogP contribution in [0.4, 0.5) is 4.79 Å². The Morgan fingerprint density at radius 3 is 2.50 bits per heavy atom. The number of hydrogen-bond acceptors (Lipinski definition) is 6. The molecule has 0 fully saturated rings. The topological polar surface area (TPSA) is 128 Å². The van der Waals surface area contributed by atoms with Gasteiger partial charge in [0, 0.05) is 6.08 Å². The van der Waals surface area contributed by atoms with Gasteiger partial charge < -0.3 is 20.3 Å². The van der Waals surface area contributed by atoms with Crippen molar-refractivity contribution >= 4 is 24.0 Å². The highest BCUT2D eigenvalue weighted by molar-refractivity contribution is 5.97. The van der Waals surface area contributed by atoms with Crippen molar-refractivity contribution in [2.45, 2.75) is 20.0 Å². The Hall–Kier alpha value is -3.03. The van der Waals surface area contributed by atoms with E-state index in [1.807, 2.05) is 5.32 Å². The summed E-state index contributed by atoms with van der Waals surface area (Å²) < 4.78 is 10.0. The van der Waals surface area contributed by atoms with Crippen molar-refractivity contribution in [1.82, 2.24) is 5.32 Å². The zero-order valence-corrected chi connectivity index (χ0v) is 13.6. The number of methoxy groups -OCH3 is 1. The molecule has 0 aliphatic rings. The lowest BCUT2D eigenvalue weighted by atomic mass is 10.1. The molecule has 1 atom stereocenters. The molecule has 0 radical (unpaired) electrons. The number of nitrogens with one attached hydrogen (secondary N) is 1. The molecule has 4 N–H and O–H groups in total. The first-order chi connectivity index (χ1) is 11.2. The van der Waals surface area contributed by atoms with E-state index in [1.165, 1.54) is 25.3 Å². The number of ether oxygens (including phenoxy) is 2. The van der Waals surface area contributed by atoms with Gasteiger partial charge in [0.1, 0.15) is 0 Å². The number of esters is 1. The van der Waals surface area contributed by atoms with Crippen LogP contribution in [0.15, 0.2) is 24.3 Å². The average Bonchev–Trinajstić information content (AvgIpc) is 2.50. The second-order valence-corrected chi connectivity index (χ2v) is 5.22. The van der Waals surface area contributed by atoms with Crippen molar-refractivity contribution in [2.75, 3.05) is 7.11 Å². The standard InChI is InChI=1S/C16H20N2O6/c1-9(2)14(15(21)18-16(17)22)24-13(20)7-5-10-4-6-11(19)12(8-10)23-3/h4-9,14,19H,1-3H3,(H3,17,18,21,22)/b7-5+/t14-/m0/s1. The lowest BCUT2D eigenvalue weighted by Crippen LogP contribution is -2.45. The number of nitrogens with two attached hydrogens (primary N) is 1. The van der Waals surface area contributed by atoms with Crippen molar-refractivity contribution in [3.8, 4) is 11.5 Å². The first-order valence-electron chi connectivity index (χ1n) is 7.10. The molecule has 8 heteroatoms. The van der Waals surface area contributed by atoms with Crippen LogP contribution in [0, 0.1) is 5.92 Å². The molecule has 1 rings (SSSR count). The molecular formula is C16H20N2O6. The third-order valence-corrected chi connectivity index (χ3v) is 2.97. The highest BCUT2D eigenvalue weighted by Crippen LogP contribution is 2.26. The predicted molar refractivity (Wildman–Crippen MR) is 86.1 cm³/mol. The number of hydrogen-bond donors (Lipinski definition) is 3. The van der Waals surface area contributed by atoms with E-state index in [4.69, 9.17) is 15.2 Å². The van der Waals surface area contributed by atoms with Crippen LogP contribution in [0.3, 0.4) is 0 Å². The number of aromatic hydroxyl groups is 1. The van der Waals surface area contributed by atoms with Crippen molar-refractivity contribution in [3.05, 3.63) is 29.8 Å². The molecule has 24 heavy (non-hydrogen) atoms. The first-order valence-corrected chi connectivity index (χ1v) is 7.10. The Labute approximate surface area is 139 Å². The molecule has 0 saturated carbocycles. The van der Waals surface area contributed by atoms with Gasteiger partial charge in [-0.05, 0) is 29.7 Å². The van der Waals surface area contributed by atoms with E-state index in [2.05, 4.69) is 0 Å². The summed E-state index contributed by atoms with van der Waals surface area (Å²) in [6.45, 7) is 3.32. The summed E-state index contributed by atoms with van der Waals surface area (Å²) in [5.41, 5.74) is 5.47. The predicted octanol–water partition coefficient (Wildman–Crippen LogP) is 1.18. The lowest BCUT2D eigenvalue weighted by Gasteiger charge is -2.18. The molecule has 130 valence electrons. The van der Waals surface area contributed by atoms with E-state index < -0.39 is 24.0 Å². The Bertz CT molecular complexity index is 654. The van der Waals surface area contributed by atoms with E-state index in [-0.39, 0.29) is 17.4 Å². The summed E-state index contributed by atoms with van der Waals surface area (Å²) >= 11 is 0. The van der Waals surface area contributed by atoms with Crippen molar-refractivity contribution in [1.29, 1.82) is 0 Å². The molecule has 0 bridgehead atoms. The number of primary amides is 1. The van der Waals surface area contributed by atoms with Crippen LogP contribution in [0.2, 0.25) is 0 Å². The fourth-order valence-electron chi connectivity index (χ4n) is 1.81. The normalized spacial score (nSPS) is 12.0. The van der Waals surface area contributed by atoms with Crippen LogP contribution in [-0.4, -0.2) is 36.2 Å². The minimum absolute atomic E-state index is 0.0276. The molecule has 0 unspecified atom stereocenters. The molecule has 0 aliphatic carbocycles. The Balaban J connectivity index is 2.78. The molecule has 1 aromatic rings. The number of phenols is 1. The van der Waals surface area contributed by atoms with Gasteiger partial charge in [0.05, 0.1) is 7.11 Å². The van der Waals surface area contributed by atoms with E-state index in [1.54, 1.807) is 19.9 Å². The summed E-state index contributed by atoms with van der Waals surface area (Å²) in [5.74, 6) is -1.67. The molecular weight excluding hydrogens is 316 g/mol. The van der Waals surface area contributed by atoms with Crippen LogP contribution in [0.5, 0.6) is 11.5 Å². The number of rotatable bonds is 6. The average molecular weight is 336 g/mol. The lowest BCUT2D eigenvalue weighted by molar-refractivity contribution is -0.153. The molecule has 0 heterocycles.